The number of aromatic nitrogens is 2. The predicted molar refractivity (Wildman–Crippen MR) is 127 cm³/mol. The summed E-state index contributed by atoms with van der Waals surface area (Å²) in [5.74, 6) is -1.14. The molecule has 0 fully saturated rings. The molecule has 34 heavy (non-hydrogen) atoms. The number of sulfonamides is 1. The third kappa shape index (κ3) is 4.46. The van der Waals surface area contributed by atoms with Gasteiger partial charge in [-0.3, -0.25) is 20.4 Å². The molecule has 4 rings (SSSR count). The van der Waals surface area contributed by atoms with Crippen LogP contribution in [-0.4, -0.2) is 47.4 Å². The minimum Gasteiger partial charge on any atom is -0.267 e. The van der Waals surface area contributed by atoms with E-state index in [4.69, 9.17) is 0 Å². The molecule has 10 heteroatoms. The lowest BCUT2D eigenvalue weighted by atomic mass is 10.2. The molecule has 1 aliphatic rings. The summed E-state index contributed by atoms with van der Waals surface area (Å²) in [4.78, 5) is 25.6. The van der Waals surface area contributed by atoms with E-state index >= 15 is 0 Å². The van der Waals surface area contributed by atoms with E-state index in [0.717, 1.165) is 36.2 Å². The molecule has 0 saturated carbocycles. The molecule has 2 aromatic carbocycles. The number of carbonyl (C=O) groups is 2. The summed E-state index contributed by atoms with van der Waals surface area (Å²) in [7, 11) is -3.71. The topological polar surface area (TPSA) is 113 Å². The van der Waals surface area contributed by atoms with E-state index in [1.165, 1.54) is 28.6 Å². The first-order valence-corrected chi connectivity index (χ1v) is 12.7. The molecular weight excluding hydrogens is 454 g/mol. The van der Waals surface area contributed by atoms with Gasteiger partial charge in [-0.15, -0.1) is 0 Å². The fourth-order valence-corrected chi connectivity index (χ4v) is 5.66. The number of hydrogen-bond acceptors (Lipinski definition) is 5. The molecule has 0 atom stereocenters. The van der Waals surface area contributed by atoms with Crippen LogP contribution in [0.5, 0.6) is 0 Å². The summed E-state index contributed by atoms with van der Waals surface area (Å²) in [6.07, 6.45) is 2.50. The molecule has 0 spiro atoms. The van der Waals surface area contributed by atoms with Gasteiger partial charge in [0.25, 0.3) is 11.8 Å². The Kier molecular flexibility index (Phi) is 6.80. The maximum absolute atomic E-state index is 12.9. The van der Waals surface area contributed by atoms with Gasteiger partial charge in [0.2, 0.25) is 10.0 Å². The second-order valence-electron chi connectivity index (χ2n) is 7.90. The van der Waals surface area contributed by atoms with Gasteiger partial charge in [0.1, 0.15) is 0 Å². The number of hydrogen-bond donors (Lipinski definition) is 2. The predicted octanol–water partition coefficient (Wildman–Crippen LogP) is 2.47. The van der Waals surface area contributed by atoms with Gasteiger partial charge in [-0.2, -0.15) is 9.40 Å². The molecule has 1 heterocycles. The van der Waals surface area contributed by atoms with E-state index in [1.807, 2.05) is 30.3 Å². The molecule has 0 radical (unpaired) electrons. The van der Waals surface area contributed by atoms with Gasteiger partial charge in [0.05, 0.1) is 10.6 Å². The van der Waals surface area contributed by atoms with Crippen molar-refractivity contribution in [1.82, 2.24) is 24.9 Å². The minimum absolute atomic E-state index is 0.0228. The van der Waals surface area contributed by atoms with Crippen LogP contribution >= 0.6 is 0 Å². The van der Waals surface area contributed by atoms with E-state index in [1.54, 1.807) is 18.5 Å². The quantitative estimate of drug-likeness (QED) is 0.504. The van der Waals surface area contributed by atoms with Crippen LogP contribution in [0.3, 0.4) is 0 Å². The van der Waals surface area contributed by atoms with Gasteiger partial charge < -0.3 is 0 Å². The number of benzene rings is 2. The van der Waals surface area contributed by atoms with E-state index in [0.29, 0.717) is 13.1 Å². The van der Waals surface area contributed by atoms with Gasteiger partial charge in [-0.25, -0.2) is 13.1 Å². The average molecular weight is 482 g/mol. The molecule has 9 nitrogen and oxygen atoms in total. The Balaban J connectivity index is 1.50. The lowest BCUT2D eigenvalue weighted by Gasteiger charge is -2.18. The SMILES string of the molecule is CCN(CC)S(=O)(=O)c1cccc(C(=O)NNC(=O)c2nn(-c3ccccc3)c3c2CCC3)c1. The molecule has 0 aliphatic heterocycles. The number of nitrogens with one attached hydrogen (secondary N) is 2. The van der Waals surface area contributed by atoms with E-state index in [2.05, 4.69) is 16.0 Å². The zero-order valence-corrected chi connectivity index (χ0v) is 19.9. The van der Waals surface area contributed by atoms with Crippen molar-refractivity contribution in [3.05, 3.63) is 77.1 Å². The molecule has 178 valence electrons. The van der Waals surface area contributed by atoms with E-state index in [-0.39, 0.29) is 16.2 Å². The fourth-order valence-electron chi connectivity index (χ4n) is 4.16. The summed E-state index contributed by atoms with van der Waals surface area (Å²) in [5, 5.41) is 4.51. The molecule has 1 aliphatic carbocycles. The molecule has 0 unspecified atom stereocenters. The van der Waals surface area contributed by atoms with Crippen molar-refractivity contribution in [2.24, 2.45) is 0 Å². The summed E-state index contributed by atoms with van der Waals surface area (Å²) in [6, 6.07) is 15.3. The van der Waals surface area contributed by atoms with Crippen LogP contribution < -0.4 is 10.9 Å². The molecule has 3 aromatic rings. The van der Waals surface area contributed by atoms with Crippen LogP contribution in [0.15, 0.2) is 59.5 Å². The Bertz CT molecular complexity index is 1310. The van der Waals surface area contributed by atoms with Gasteiger partial charge >= 0.3 is 0 Å². The maximum atomic E-state index is 12.9. The highest BCUT2D eigenvalue weighted by molar-refractivity contribution is 7.89. The van der Waals surface area contributed by atoms with E-state index in [9.17, 15) is 18.0 Å². The monoisotopic (exact) mass is 481 g/mol. The molecule has 0 saturated heterocycles. The van der Waals surface area contributed by atoms with Crippen LogP contribution in [0.1, 0.15) is 52.4 Å². The first-order chi connectivity index (χ1) is 16.4. The molecular formula is C24H27N5O4S. The number of rotatable bonds is 7. The van der Waals surface area contributed by atoms with Crippen molar-refractivity contribution in [1.29, 1.82) is 0 Å². The number of fused-ring (bicyclic) bond motifs is 1. The first kappa shape index (κ1) is 23.7. The highest BCUT2D eigenvalue weighted by Gasteiger charge is 2.27. The summed E-state index contributed by atoms with van der Waals surface area (Å²) < 4.78 is 28.6. The Hall–Kier alpha value is -3.50. The number of nitrogens with zero attached hydrogens (tertiary/aromatic N) is 3. The third-order valence-corrected chi connectivity index (χ3v) is 7.92. The second-order valence-corrected chi connectivity index (χ2v) is 9.84. The average Bonchev–Trinajstić information content (AvgIpc) is 3.46. The Morgan fingerprint density at radius 1 is 0.971 bits per heavy atom. The van der Waals surface area contributed by atoms with Crippen LogP contribution in [-0.2, 0) is 22.9 Å². The number of carbonyl (C=O) groups excluding carboxylic acids is 2. The van der Waals surface area contributed by atoms with E-state index < -0.39 is 21.8 Å². The third-order valence-electron chi connectivity index (χ3n) is 5.88. The molecule has 2 N–H and O–H groups in total. The van der Waals surface area contributed by atoms with Crippen molar-refractivity contribution in [3.63, 3.8) is 0 Å². The number of amides is 2. The Morgan fingerprint density at radius 3 is 2.38 bits per heavy atom. The van der Waals surface area contributed by atoms with Crippen LogP contribution in [0.4, 0.5) is 0 Å². The summed E-state index contributed by atoms with van der Waals surface area (Å²) >= 11 is 0. The fraction of sp³-hybridized carbons (Fsp3) is 0.292. The molecule has 1 aromatic heterocycles. The van der Waals surface area contributed by atoms with Crippen molar-refractivity contribution in [3.8, 4) is 5.69 Å². The smallest absolute Gasteiger partial charge is 0.267 e. The highest BCUT2D eigenvalue weighted by atomic mass is 32.2. The molecule has 2 amide bonds. The van der Waals surface area contributed by atoms with Crippen molar-refractivity contribution < 1.29 is 18.0 Å². The lowest BCUT2D eigenvalue weighted by molar-refractivity contribution is 0.0843. The standard InChI is InChI=1S/C24H27N5O4S/c1-3-28(4-2)34(32,33)19-13-8-10-17(16-19)23(30)25-26-24(31)22-20-14-9-15-21(20)29(27-22)18-11-6-5-7-12-18/h5-8,10-13,16H,3-4,9,14-15H2,1-2H3,(H,25,30)(H,26,31). The Labute approximate surface area is 198 Å². The zero-order chi connectivity index (χ0) is 24.3. The number of hydrazine groups is 1. The van der Waals surface area contributed by atoms with Crippen molar-refractivity contribution in [2.45, 2.75) is 38.0 Å². The zero-order valence-electron chi connectivity index (χ0n) is 19.1. The van der Waals surface area contributed by atoms with Gasteiger partial charge in [0.15, 0.2) is 5.69 Å². The van der Waals surface area contributed by atoms with Crippen LogP contribution in [0, 0.1) is 0 Å². The van der Waals surface area contributed by atoms with Crippen LogP contribution in [0.2, 0.25) is 0 Å². The first-order valence-electron chi connectivity index (χ1n) is 11.2. The lowest BCUT2D eigenvalue weighted by Crippen LogP contribution is -2.42. The normalized spacial score (nSPS) is 13.0. The minimum atomic E-state index is -3.71. The number of para-hydroxylation sites is 1. The largest absolute Gasteiger partial charge is 0.290 e. The van der Waals surface area contributed by atoms with Gasteiger partial charge in [0, 0.05) is 29.9 Å². The van der Waals surface area contributed by atoms with Crippen LogP contribution in [0.25, 0.3) is 5.69 Å². The molecule has 0 bridgehead atoms. The summed E-state index contributed by atoms with van der Waals surface area (Å²) in [6.45, 7) is 4.16. The van der Waals surface area contributed by atoms with Crippen molar-refractivity contribution in [2.75, 3.05) is 13.1 Å². The van der Waals surface area contributed by atoms with Gasteiger partial charge in [-0.05, 0) is 49.6 Å². The maximum Gasteiger partial charge on any atom is 0.290 e. The Morgan fingerprint density at radius 2 is 1.68 bits per heavy atom. The highest BCUT2D eigenvalue weighted by Crippen LogP contribution is 2.27. The summed E-state index contributed by atoms with van der Waals surface area (Å²) in [5.41, 5.74) is 7.93. The second kappa shape index (κ2) is 9.78. The van der Waals surface area contributed by atoms with Gasteiger partial charge in [-0.1, -0.05) is 38.1 Å². The van der Waals surface area contributed by atoms with Crippen molar-refractivity contribution >= 4 is 21.8 Å².